The third kappa shape index (κ3) is 3.46. The van der Waals surface area contributed by atoms with Gasteiger partial charge in [-0.25, -0.2) is 4.79 Å². The van der Waals surface area contributed by atoms with Crippen molar-refractivity contribution in [2.45, 2.75) is 19.8 Å². The lowest BCUT2D eigenvalue weighted by Gasteiger charge is -2.10. The molecule has 0 radical (unpaired) electrons. The summed E-state index contributed by atoms with van der Waals surface area (Å²) in [5.74, 6) is 0.253. The van der Waals surface area contributed by atoms with Crippen molar-refractivity contribution in [3.8, 4) is 0 Å². The Labute approximate surface area is 115 Å². The first-order chi connectivity index (χ1) is 8.58. The van der Waals surface area contributed by atoms with Crippen molar-refractivity contribution in [1.29, 1.82) is 0 Å². The highest BCUT2D eigenvalue weighted by molar-refractivity contribution is 9.10. The van der Waals surface area contributed by atoms with Crippen molar-refractivity contribution in [2.75, 3.05) is 19.1 Å². The molecule has 98 valence electrons. The SMILES string of the molecule is Cc1c(N)cc(Br)cc1C(=O)OCOCC1CC1. The van der Waals surface area contributed by atoms with E-state index in [1.165, 1.54) is 12.8 Å². The number of benzene rings is 1. The first kappa shape index (κ1) is 13.4. The summed E-state index contributed by atoms with van der Waals surface area (Å²) < 4.78 is 11.1. The zero-order valence-corrected chi connectivity index (χ0v) is 11.8. The van der Waals surface area contributed by atoms with Crippen molar-refractivity contribution in [3.63, 3.8) is 0 Å². The Hall–Kier alpha value is -1.07. The number of nitrogen functional groups attached to an aromatic ring is 1. The van der Waals surface area contributed by atoms with Gasteiger partial charge in [-0.1, -0.05) is 15.9 Å². The smallest absolute Gasteiger partial charge is 0.340 e. The predicted octanol–water partition coefficient (Wildman–Crippen LogP) is 2.88. The Morgan fingerprint density at radius 2 is 2.22 bits per heavy atom. The average Bonchev–Trinajstić information content (AvgIpc) is 3.13. The summed E-state index contributed by atoms with van der Waals surface area (Å²) in [5.41, 5.74) is 7.55. The molecule has 0 bridgehead atoms. The normalized spacial score (nSPS) is 14.6. The predicted molar refractivity (Wildman–Crippen MR) is 72.2 cm³/mol. The number of hydrogen-bond acceptors (Lipinski definition) is 4. The molecule has 0 unspecified atom stereocenters. The lowest BCUT2D eigenvalue weighted by molar-refractivity contribution is -0.0345. The van der Waals surface area contributed by atoms with Gasteiger partial charge in [0.1, 0.15) is 0 Å². The molecule has 1 saturated carbocycles. The number of carbonyl (C=O) groups is 1. The van der Waals surface area contributed by atoms with Gasteiger partial charge in [-0.2, -0.15) is 0 Å². The molecule has 0 saturated heterocycles. The zero-order chi connectivity index (χ0) is 13.1. The summed E-state index contributed by atoms with van der Waals surface area (Å²) in [6.07, 6.45) is 2.43. The van der Waals surface area contributed by atoms with Crippen LogP contribution in [-0.2, 0) is 9.47 Å². The number of nitrogens with two attached hydrogens (primary N) is 1. The Balaban J connectivity index is 1.90. The minimum atomic E-state index is -0.406. The van der Waals surface area contributed by atoms with Crippen LogP contribution in [0.25, 0.3) is 0 Å². The van der Waals surface area contributed by atoms with Crippen molar-refractivity contribution >= 4 is 27.6 Å². The van der Waals surface area contributed by atoms with Gasteiger partial charge in [0.25, 0.3) is 0 Å². The van der Waals surface area contributed by atoms with Gasteiger partial charge in [0, 0.05) is 10.2 Å². The number of rotatable bonds is 5. The van der Waals surface area contributed by atoms with Gasteiger partial charge in [-0.05, 0) is 43.4 Å². The van der Waals surface area contributed by atoms with E-state index < -0.39 is 5.97 Å². The van der Waals surface area contributed by atoms with Crippen LogP contribution in [-0.4, -0.2) is 19.4 Å². The molecule has 1 aromatic carbocycles. The van der Waals surface area contributed by atoms with Crippen molar-refractivity contribution < 1.29 is 14.3 Å². The maximum absolute atomic E-state index is 11.9. The van der Waals surface area contributed by atoms with Gasteiger partial charge in [0.15, 0.2) is 6.79 Å². The van der Waals surface area contributed by atoms with E-state index in [9.17, 15) is 4.79 Å². The topological polar surface area (TPSA) is 61.6 Å². The molecule has 1 fully saturated rings. The minimum Gasteiger partial charge on any atom is -0.435 e. The molecule has 1 aromatic rings. The summed E-state index contributed by atoms with van der Waals surface area (Å²) in [5, 5.41) is 0. The first-order valence-electron chi connectivity index (χ1n) is 5.88. The molecular weight excluding hydrogens is 298 g/mol. The van der Waals surface area contributed by atoms with Gasteiger partial charge >= 0.3 is 5.97 Å². The number of anilines is 1. The van der Waals surface area contributed by atoms with E-state index in [4.69, 9.17) is 15.2 Å². The van der Waals surface area contributed by atoms with Gasteiger partial charge in [-0.3, -0.25) is 0 Å². The lowest BCUT2D eigenvalue weighted by atomic mass is 10.1. The fourth-order valence-corrected chi connectivity index (χ4v) is 2.06. The van der Waals surface area contributed by atoms with Crippen LogP contribution in [0.3, 0.4) is 0 Å². The zero-order valence-electron chi connectivity index (χ0n) is 10.2. The number of esters is 1. The van der Waals surface area contributed by atoms with Crippen LogP contribution in [0, 0.1) is 12.8 Å². The van der Waals surface area contributed by atoms with E-state index in [2.05, 4.69) is 15.9 Å². The van der Waals surface area contributed by atoms with E-state index >= 15 is 0 Å². The molecule has 4 nitrogen and oxygen atoms in total. The van der Waals surface area contributed by atoms with Crippen molar-refractivity contribution in [2.24, 2.45) is 5.92 Å². The van der Waals surface area contributed by atoms with E-state index in [1.807, 2.05) is 0 Å². The van der Waals surface area contributed by atoms with Crippen LogP contribution >= 0.6 is 15.9 Å². The highest BCUT2D eigenvalue weighted by Gasteiger charge is 2.21. The van der Waals surface area contributed by atoms with Crippen LogP contribution < -0.4 is 5.73 Å². The molecule has 0 aromatic heterocycles. The second kappa shape index (κ2) is 5.71. The van der Waals surface area contributed by atoms with Crippen LogP contribution in [0.15, 0.2) is 16.6 Å². The molecule has 0 spiro atoms. The van der Waals surface area contributed by atoms with Gasteiger partial charge < -0.3 is 15.2 Å². The lowest BCUT2D eigenvalue weighted by Crippen LogP contribution is -2.12. The van der Waals surface area contributed by atoms with Crippen LogP contribution in [0.1, 0.15) is 28.8 Å². The Morgan fingerprint density at radius 3 is 2.89 bits per heavy atom. The van der Waals surface area contributed by atoms with Gasteiger partial charge in [-0.15, -0.1) is 0 Å². The van der Waals surface area contributed by atoms with Crippen molar-refractivity contribution in [3.05, 3.63) is 27.7 Å². The monoisotopic (exact) mass is 313 g/mol. The van der Waals surface area contributed by atoms with E-state index in [1.54, 1.807) is 19.1 Å². The van der Waals surface area contributed by atoms with E-state index in [0.29, 0.717) is 23.8 Å². The Morgan fingerprint density at radius 1 is 1.50 bits per heavy atom. The molecule has 1 aliphatic rings. The second-order valence-corrected chi connectivity index (χ2v) is 5.45. The largest absolute Gasteiger partial charge is 0.435 e. The second-order valence-electron chi connectivity index (χ2n) is 4.53. The minimum absolute atomic E-state index is 0.00118. The average molecular weight is 314 g/mol. The Bertz CT molecular complexity index is 458. The molecule has 0 heterocycles. The van der Waals surface area contributed by atoms with Crippen LogP contribution in [0.2, 0.25) is 0 Å². The Kier molecular flexibility index (Phi) is 4.24. The maximum Gasteiger partial charge on any atom is 0.340 e. The molecule has 0 atom stereocenters. The maximum atomic E-state index is 11.9. The van der Waals surface area contributed by atoms with E-state index in [0.717, 1.165) is 10.0 Å². The number of ether oxygens (including phenoxy) is 2. The third-order valence-corrected chi connectivity index (χ3v) is 3.41. The van der Waals surface area contributed by atoms with Gasteiger partial charge in [0.05, 0.1) is 12.2 Å². The van der Waals surface area contributed by atoms with E-state index in [-0.39, 0.29) is 6.79 Å². The summed E-state index contributed by atoms with van der Waals surface area (Å²) in [6.45, 7) is 2.47. The number of carbonyl (C=O) groups excluding carboxylic acids is 1. The molecule has 2 N–H and O–H groups in total. The molecule has 0 amide bonds. The third-order valence-electron chi connectivity index (χ3n) is 2.96. The fraction of sp³-hybridized carbons (Fsp3) is 0.462. The first-order valence-corrected chi connectivity index (χ1v) is 6.67. The van der Waals surface area contributed by atoms with Crippen molar-refractivity contribution in [1.82, 2.24) is 0 Å². The molecular formula is C13H16BrNO3. The van der Waals surface area contributed by atoms with Crippen LogP contribution in [0.5, 0.6) is 0 Å². The molecule has 5 heteroatoms. The molecule has 0 aliphatic heterocycles. The standard InChI is InChI=1S/C13H16BrNO3/c1-8-11(4-10(14)5-12(8)15)13(16)18-7-17-6-9-2-3-9/h4-5,9H,2-3,6-7,15H2,1H3. The van der Waals surface area contributed by atoms with Gasteiger partial charge in [0.2, 0.25) is 0 Å². The summed E-state index contributed by atoms with van der Waals surface area (Å²) in [4.78, 5) is 11.9. The summed E-state index contributed by atoms with van der Waals surface area (Å²) in [6, 6.07) is 3.46. The quantitative estimate of drug-likeness (QED) is 0.393. The summed E-state index contributed by atoms with van der Waals surface area (Å²) >= 11 is 3.31. The molecule has 18 heavy (non-hydrogen) atoms. The highest BCUT2D eigenvalue weighted by Crippen LogP contribution is 2.28. The number of hydrogen-bond donors (Lipinski definition) is 1. The fourth-order valence-electron chi connectivity index (χ4n) is 1.58. The number of halogens is 1. The summed E-state index contributed by atoms with van der Waals surface area (Å²) in [7, 11) is 0. The highest BCUT2D eigenvalue weighted by atomic mass is 79.9. The molecule has 1 aliphatic carbocycles. The van der Waals surface area contributed by atoms with Crippen LogP contribution in [0.4, 0.5) is 5.69 Å². The molecule has 2 rings (SSSR count).